The Morgan fingerprint density at radius 3 is 2.52 bits per heavy atom. The van der Waals surface area contributed by atoms with Crippen molar-refractivity contribution in [1.82, 2.24) is 20.8 Å². The maximum absolute atomic E-state index is 11.9. The van der Waals surface area contributed by atoms with Gasteiger partial charge >= 0.3 is 12.1 Å². The number of hydroxylamine groups is 3. The highest BCUT2D eigenvalue weighted by Gasteiger charge is 2.40. The van der Waals surface area contributed by atoms with Gasteiger partial charge in [0.2, 0.25) is 6.41 Å². The van der Waals surface area contributed by atoms with Crippen molar-refractivity contribution in [3.8, 4) is 0 Å². The standard InChI is InChI=1S/C13H16N2O2.C8H16N2O4.C2H6/c16-13-14-8-4-7-12(9-14)15(13)17-10-11-5-2-1-3-6-11;1-8(2,3)14-7(12)9-4-5-13-10-6-11;1-2/h1-3,5-6,12H,4,7-10H2;6H,4-5H2,1-3H3,(H,9,12)(H,10,11);1-2H3/t12-;;/m1../s1. The summed E-state index contributed by atoms with van der Waals surface area (Å²) in [7, 11) is 0. The summed E-state index contributed by atoms with van der Waals surface area (Å²) in [5, 5.41) is 4.03. The van der Waals surface area contributed by atoms with Crippen molar-refractivity contribution in [2.45, 2.75) is 65.7 Å². The van der Waals surface area contributed by atoms with Crippen LogP contribution in [0.3, 0.4) is 0 Å². The molecule has 2 bridgehead atoms. The molecule has 3 rings (SSSR count). The van der Waals surface area contributed by atoms with Crippen molar-refractivity contribution in [3.05, 3.63) is 35.9 Å². The minimum atomic E-state index is -0.508. The van der Waals surface area contributed by atoms with Crippen LogP contribution in [-0.4, -0.2) is 66.4 Å². The number of benzene rings is 1. The summed E-state index contributed by atoms with van der Waals surface area (Å²) in [4.78, 5) is 44.8. The van der Waals surface area contributed by atoms with Crippen LogP contribution in [0.15, 0.2) is 30.3 Å². The second kappa shape index (κ2) is 15.1. The number of ether oxygens (including phenoxy) is 1. The van der Waals surface area contributed by atoms with Crippen molar-refractivity contribution in [2.24, 2.45) is 0 Å². The summed E-state index contributed by atoms with van der Waals surface area (Å²) in [6.07, 6.45) is 2.04. The maximum atomic E-state index is 11.9. The Labute approximate surface area is 196 Å². The monoisotopic (exact) mass is 466 g/mol. The molecule has 0 radical (unpaired) electrons. The first-order chi connectivity index (χ1) is 15.8. The van der Waals surface area contributed by atoms with Crippen LogP contribution in [0, 0.1) is 0 Å². The van der Waals surface area contributed by atoms with Crippen LogP contribution in [0.5, 0.6) is 0 Å². The number of fused-ring (bicyclic) bond motifs is 2. The maximum Gasteiger partial charge on any atom is 0.407 e. The number of carbonyl (C=O) groups excluding carboxylic acids is 3. The quantitative estimate of drug-likeness (QED) is 0.346. The molecule has 10 nitrogen and oxygen atoms in total. The molecule has 0 saturated carbocycles. The fraction of sp³-hybridized carbons (Fsp3) is 0.609. The van der Waals surface area contributed by atoms with E-state index in [9.17, 15) is 14.4 Å². The summed E-state index contributed by atoms with van der Waals surface area (Å²) in [5.74, 6) is 0. The number of hydrogen-bond acceptors (Lipinski definition) is 6. The number of rotatable bonds is 8. The lowest BCUT2D eigenvalue weighted by Crippen LogP contribution is -2.35. The average Bonchev–Trinajstić information content (AvgIpc) is 3.01. The summed E-state index contributed by atoms with van der Waals surface area (Å²) >= 11 is 0. The third-order valence-electron chi connectivity index (χ3n) is 4.40. The van der Waals surface area contributed by atoms with Gasteiger partial charge < -0.3 is 15.0 Å². The van der Waals surface area contributed by atoms with Crippen LogP contribution < -0.4 is 10.8 Å². The molecule has 2 heterocycles. The van der Waals surface area contributed by atoms with E-state index in [4.69, 9.17) is 9.57 Å². The molecule has 1 aromatic carbocycles. The first kappa shape index (κ1) is 28.2. The van der Waals surface area contributed by atoms with Gasteiger partial charge in [0.15, 0.2) is 0 Å². The molecule has 2 fully saturated rings. The van der Waals surface area contributed by atoms with E-state index in [0.717, 1.165) is 31.5 Å². The Kier molecular flexibility index (Phi) is 12.9. The Bertz CT molecular complexity index is 711. The van der Waals surface area contributed by atoms with Gasteiger partial charge in [-0.05, 0) is 39.2 Å². The Morgan fingerprint density at radius 2 is 1.91 bits per heavy atom. The summed E-state index contributed by atoms with van der Waals surface area (Å²) in [6.45, 7) is 12.0. The first-order valence-electron chi connectivity index (χ1n) is 11.3. The molecule has 0 spiro atoms. The normalized spacial score (nSPS) is 16.6. The van der Waals surface area contributed by atoms with Gasteiger partial charge in [-0.1, -0.05) is 44.2 Å². The van der Waals surface area contributed by atoms with Crippen molar-refractivity contribution in [2.75, 3.05) is 26.2 Å². The highest BCUT2D eigenvalue weighted by molar-refractivity contribution is 5.76. The molecular weight excluding hydrogens is 428 g/mol. The van der Waals surface area contributed by atoms with Crippen LogP contribution in [-0.2, 0) is 25.8 Å². The van der Waals surface area contributed by atoms with Crippen LogP contribution in [0.2, 0.25) is 0 Å². The fourth-order valence-electron chi connectivity index (χ4n) is 3.11. The van der Waals surface area contributed by atoms with Crippen LogP contribution in [0.1, 0.15) is 53.0 Å². The topological polar surface area (TPSA) is 109 Å². The Morgan fingerprint density at radius 1 is 1.21 bits per heavy atom. The number of piperidine rings is 1. The van der Waals surface area contributed by atoms with Crippen molar-refractivity contribution >= 4 is 18.5 Å². The molecule has 186 valence electrons. The fourth-order valence-corrected chi connectivity index (χ4v) is 3.11. The summed E-state index contributed by atoms with van der Waals surface area (Å²) in [5.41, 5.74) is 2.58. The molecule has 1 aromatic rings. The van der Waals surface area contributed by atoms with Gasteiger partial charge in [0.1, 0.15) is 12.2 Å². The average molecular weight is 467 g/mol. The lowest BCUT2D eigenvalue weighted by molar-refractivity contribution is -0.140. The largest absolute Gasteiger partial charge is 0.444 e. The van der Waals surface area contributed by atoms with Gasteiger partial charge in [-0.15, -0.1) is 0 Å². The molecule has 2 aliphatic heterocycles. The molecular formula is C23H38N4O6. The molecule has 33 heavy (non-hydrogen) atoms. The van der Waals surface area contributed by atoms with E-state index >= 15 is 0 Å². The van der Waals surface area contributed by atoms with E-state index in [1.54, 1.807) is 25.8 Å². The van der Waals surface area contributed by atoms with Gasteiger partial charge in [-0.25, -0.2) is 15.1 Å². The summed E-state index contributed by atoms with van der Waals surface area (Å²) < 4.78 is 4.95. The van der Waals surface area contributed by atoms with E-state index in [0.29, 0.717) is 13.0 Å². The van der Waals surface area contributed by atoms with Gasteiger partial charge in [0.25, 0.3) is 0 Å². The zero-order valence-corrected chi connectivity index (χ0v) is 20.3. The van der Waals surface area contributed by atoms with Crippen molar-refractivity contribution < 1.29 is 28.8 Å². The number of amides is 4. The smallest absolute Gasteiger partial charge is 0.407 e. The SMILES string of the molecule is CC.CC(C)(C)OC(=O)NCCONC=O.O=C1N2CCC[C@H](C2)N1OCc1ccccc1. The molecule has 0 aliphatic carbocycles. The Hall–Kier alpha value is -2.85. The molecule has 4 amide bonds. The molecule has 2 saturated heterocycles. The zero-order valence-electron chi connectivity index (χ0n) is 20.3. The Balaban J connectivity index is 0.000000314. The third kappa shape index (κ3) is 11.0. The number of nitrogens with one attached hydrogen (secondary N) is 2. The number of carbonyl (C=O) groups is 3. The molecule has 0 unspecified atom stereocenters. The molecule has 0 aromatic heterocycles. The third-order valence-corrected chi connectivity index (χ3v) is 4.40. The molecule has 2 aliphatic rings. The number of nitrogens with zero attached hydrogens (tertiary/aromatic N) is 2. The molecule has 2 N–H and O–H groups in total. The highest BCUT2D eigenvalue weighted by atomic mass is 16.7. The molecule has 10 heteroatoms. The van der Waals surface area contributed by atoms with Crippen molar-refractivity contribution in [1.29, 1.82) is 0 Å². The minimum Gasteiger partial charge on any atom is -0.444 e. The van der Waals surface area contributed by atoms with Crippen LogP contribution in [0.25, 0.3) is 0 Å². The van der Waals surface area contributed by atoms with Gasteiger partial charge in [-0.3, -0.25) is 14.5 Å². The summed E-state index contributed by atoms with van der Waals surface area (Å²) in [6, 6.07) is 10.2. The van der Waals surface area contributed by atoms with E-state index in [1.165, 1.54) is 0 Å². The molecule has 1 atom stereocenters. The van der Waals surface area contributed by atoms with Gasteiger partial charge in [0.05, 0.1) is 12.6 Å². The number of alkyl carbamates (subject to hydrolysis) is 1. The second-order valence-electron chi connectivity index (χ2n) is 8.12. The van der Waals surface area contributed by atoms with E-state index in [1.807, 2.05) is 54.6 Å². The first-order valence-corrected chi connectivity index (χ1v) is 11.3. The lowest BCUT2D eigenvalue weighted by atomic mass is 10.1. The van der Waals surface area contributed by atoms with Gasteiger partial charge in [0, 0.05) is 19.6 Å². The van der Waals surface area contributed by atoms with Crippen molar-refractivity contribution in [3.63, 3.8) is 0 Å². The van der Waals surface area contributed by atoms with E-state index in [-0.39, 0.29) is 25.2 Å². The van der Waals surface area contributed by atoms with E-state index in [2.05, 4.69) is 10.2 Å². The number of hydrogen-bond donors (Lipinski definition) is 2. The van der Waals surface area contributed by atoms with E-state index < -0.39 is 11.7 Å². The zero-order chi connectivity index (χ0) is 24.7. The highest BCUT2D eigenvalue weighted by Crippen LogP contribution is 2.25. The minimum absolute atomic E-state index is 0.0310. The number of urea groups is 1. The van der Waals surface area contributed by atoms with Gasteiger partial charge in [-0.2, -0.15) is 5.06 Å². The predicted octanol–water partition coefficient (Wildman–Crippen LogP) is 3.23. The predicted molar refractivity (Wildman–Crippen MR) is 124 cm³/mol. The van der Waals surface area contributed by atoms with Crippen LogP contribution >= 0.6 is 0 Å². The second-order valence-corrected chi connectivity index (χ2v) is 8.12. The van der Waals surface area contributed by atoms with Crippen LogP contribution in [0.4, 0.5) is 9.59 Å². The lowest BCUT2D eigenvalue weighted by Gasteiger charge is -2.22.